The van der Waals surface area contributed by atoms with E-state index in [1.54, 1.807) is 17.1 Å². The summed E-state index contributed by atoms with van der Waals surface area (Å²) >= 11 is 1.48. The molecule has 1 atom stereocenters. The Morgan fingerprint density at radius 3 is 2.92 bits per heavy atom. The fourth-order valence-electron chi connectivity index (χ4n) is 3.10. The van der Waals surface area contributed by atoms with Crippen LogP contribution in [0.2, 0.25) is 0 Å². The summed E-state index contributed by atoms with van der Waals surface area (Å²) in [5, 5.41) is 7.78. The van der Waals surface area contributed by atoms with Crippen molar-refractivity contribution in [2.75, 3.05) is 16.8 Å². The Balaban J connectivity index is 1.57. The molecule has 0 aromatic carbocycles. The largest absolute Gasteiger partial charge is 0.344 e. The summed E-state index contributed by atoms with van der Waals surface area (Å²) in [6.45, 7) is 2.75. The zero-order chi connectivity index (χ0) is 17.9. The summed E-state index contributed by atoms with van der Waals surface area (Å²) in [7, 11) is 0. The van der Waals surface area contributed by atoms with Crippen molar-refractivity contribution in [3.8, 4) is 5.82 Å². The first kappa shape index (κ1) is 16.6. The van der Waals surface area contributed by atoms with Gasteiger partial charge in [0.05, 0.1) is 0 Å². The van der Waals surface area contributed by atoms with Gasteiger partial charge >= 0.3 is 0 Å². The molecule has 1 aliphatic heterocycles. The minimum atomic E-state index is -0.270. The van der Waals surface area contributed by atoms with Crippen molar-refractivity contribution in [2.45, 2.75) is 32.2 Å². The van der Waals surface area contributed by atoms with Crippen LogP contribution in [-0.2, 0) is 4.79 Å². The molecule has 1 amide bonds. The summed E-state index contributed by atoms with van der Waals surface area (Å²) in [6, 6.07) is 3.44. The van der Waals surface area contributed by atoms with Crippen LogP contribution in [0, 0.1) is 6.92 Å². The highest BCUT2D eigenvalue weighted by molar-refractivity contribution is 7.15. The molecule has 1 aliphatic rings. The van der Waals surface area contributed by atoms with Crippen molar-refractivity contribution in [1.82, 2.24) is 24.7 Å². The van der Waals surface area contributed by atoms with Gasteiger partial charge in [0, 0.05) is 36.1 Å². The normalized spacial score (nSPS) is 17.3. The first-order valence-electron chi connectivity index (χ1n) is 8.53. The van der Waals surface area contributed by atoms with Gasteiger partial charge in [0.1, 0.15) is 18.2 Å². The van der Waals surface area contributed by atoms with Crippen LogP contribution in [0.5, 0.6) is 0 Å². The molecule has 1 fully saturated rings. The van der Waals surface area contributed by atoms with Crippen molar-refractivity contribution in [3.05, 3.63) is 41.9 Å². The van der Waals surface area contributed by atoms with Crippen molar-refractivity contribution in [1.29, 1.82) is 0 Å². The molecule has 1 N–H and O–H groups in total. The van der Waals surface area contributed by atoms with Crippen LogP contribution in [0.3, 0.4) is 0 Å². The molecule has 0 bridgehead atoms. The van der Waals surface area contributed by atoms with Crippen LogP contribution in [-0.4, -0.2) is 43.2 Å². The monoisotopic (exact) mass is 369 g/mol. The lowest BCUT2D eigenvalue weighted by molar-refractivity contribution is -0.117. The van der Waals surface area contributed by atoms with E-state index in [0.29, 0.717) is 10.9 Å². The minimum absolute atomic E-state index is 0.0432. The molecular formula is C17H19N7OS. The Hall–Kier alpha value is -2.81. The van der Waals surface area contributed by atoms with Crippen LogP contribution >= 0.6 is 11.3 Å². The number of nitrogens with zero attached hydrogens (tertiary/aromatic N) is 6. The maximum atomic E-state index is 12.8. The molecule has 0 radical (unpaired) electrons. The molecule has 134 valence electrons. The summed E-state index contributed by atoms with van der Waals surface area (Å²) in [6.07, 6.45) is 9.65. The summed E-state index contributed by atoms with van der Waals surface area (Å²) in [5.41, 5.74) is 0. The lowest BCUT2D eigenvalue weighted by Crippen LogP contribution is -2.47. The van der Waals surface area contributed by atoms with E-state index in [2.05, 4.69) is 25.4 Å². The third kappa shape index (κ3) is 3.43. The first-order valence-corrected chi connectivity index (χ1v) is 9.34. The Morgan fingerprint density at radius 2 is 2.15 bits per heavy atom. The summed E-state index contributed by atoms with van der Waals surface area (Å²) in [4.78, 5) is 28.8. The Labute approximate surface area is 154 Å². The molecule has 8 nitrogen and oxygen atoms in total. The van der Waals surface area contributed by atoms with Crippen molar-refractivity contribution in [3.63, 3.8) is 0 Å². The predicted molar refractivity (Wildman–Crippen MR) is 99.6 cm³/mol. The standard InChI is InChI=1S/C17H19N7OS/c1-12-10-18-17(26-12)22-16(25)13-5-2-3-7-23(13)14-9-15(20-11-19-14)24-8-4-6-21-24/h4,6,8-11,13H,2-3,5,7H2,1H3,(H,18,22,25)/t13-/m1/s1. The number of hydrogen-bond donors (Lipinski definition) is 1. The molecule has 9 heteroatoms. The second-order valence-electron chi connectivity index (χ2n) is 6.16. The van der Waals surface area contributed by atoms with Crippen molar-refractivity contribution < 1.29 is 4.79 Å². The number of carbonyl (C=O) groups excluding carboxylic acids is 1. The van der Waals surface area contributed by atoms with Gasteiger partial charge in [0.2, 0.25) is 5.91 Å². The highest BCUT2D eigenvalue weighted by atomic mass is 32.1. The van der Waals surface area contributed by atoms with Gasteiger partial charge in [0.15, 0.2) is 10.9 Å². The van der Waals surface area contributed by atoms with E-state index >= 15 is 0 Å². The minimum Gasteiger partial charge on any atom is -0.344 e. The average molecular weight is 369 g/mol. The molecule has 3 aromatic heterocycles. The third-order valence-corrected chi connectivity index (χ3v) is 5.16. The number of aromatic nitrogens is 5. The van der Waals surface area contributed by atoms with Gasteiger partial charge in [-0.1, -0.05) is 0 Å². The molecule has 1 saturated heterocycles. The Bertz CT molecular complexity index is 892. The number of hydrogen-bond acceptors (Lipinski definition) is 7. The number of amides is 1. The summed E-state index contributed by atoms with van der Waals surface area (Å²) in [5.74, 6) is 1.37. The number of nitrogens with one attached hydrogen (secondary N) is 1. The maximum absolute atomic E-state index is 12.8. The number of aryl methyl sites for hydroxylation is 1. The third-order valence-electron chi connectivity index (χ3n) is 4.33. The van der Waals surface area contributed by atoms with Crippen LogP contribution in [0.4, 0.5) is 10.9 Å². The van der Waals surface area contributed by atoms with Crippen LogP contribution < -0.4 is 10.2 Å². The number of anilines is 2. The Kier molecular flexibility index (Phi) is 4.61. The number of rotatable bonds is 4. The van der Waals surface area contributed by atoms with E-state index in [4.69, 9.17) is 0 Å². The summed E-state index contributed by atoms with van der Waals surface area (Å²) < 4.78 is 1.68. The molecular weight excluding hydrogens is 350 g/mol. The highest BCUT2D eigenvalue weighted by Gasteiger charge is 2.30. The van der Waals surface area contributed by atoms with Crippen LogP contribution in [0.1, 0.15) is 24.1 Å². The van der Waals surface area contributed by atoms with Gasteiger partial charge in [-0.15, -0.1) is 11.3 Å². The van der Waals surface area contributed by atoms with E-state index in [9.17, 15) is 4.79 Å². The quantitative estimate of drug-likeness (QED) is 0.760. The van der Waals surface area contributed by atoms with Gasteiger partial charge in [-0.25, -0.2) is 19.6 Å². The average Bonchev–Trinajstić information content (AvgIpc) is 3.34. The number of carbonyl (C=O) groups is 1. The maximum Gasteiger partial charge on any atom is 0.248 e. The SMILES string of the molecule is Cc1cnc(NC(=O)[C@H]2CCCCN2c2cc(-n3cccn3)ncn2)s1. The molecule has 4 heterocycles. The molecule has 0 spiro atoms. The smallest absolute Gasteiger partial charge is 0.248 e. The fourth-order valence-corrected chi connectivity index (χ4v) is 3.77. The molecule has 0 unspecified atom stereocenters. The second kappa shape index (κ2) is 7.20. The topological polar surface area (TPSA) is 88.8 Å². The van der Waals surface area contributed by atoms with Crippen LogP contribution in [0.15, 0.2) is 37.1 Å². The Morgan fingerprint density at radius 1 is 1.27 bits per heavy atom. The van der Waals surface area contributed by atoms with E-state index in [1.165, 1.54) is 17.7 Å². The second-order valence-corrected chi connectivity index (χ2v) is 7.39. The van der Waals surface area contributed by atoms with E-state index in [-0.39, 0.29) is 11.9 Å². The van der Waals surface area contributed by atoms with Gasteiger partial charge < -0.3 is 10.2 Å². The fraction of sp³-hybridized carbons (Fsp3) is 0.353. The van der Waals surface area contributed by atoms with Gasteiger partial charge in [0.25, 0.3) is 0 Å². The van der Waals surface area contributed by atoms with Gasteiger partial charge in [-0.3, -0.25) is 4.79 Å². The molecule has 0 saturated carbocycles. The number of thiazole rings is 1. The van der Waals surface area contributed by atoms with E-state index < -0.39 is 0 Å². The molecule has 26 heavy (non-hydrogen) atoms. The molecule has 4 rings (SSSR count). The number of piperidine rings is 1. The lowest BCUT2D eigenvalue weighted by Gasteiger charge is -2.35. The van der Waals surface area contributed by atoms with Gasteiger partial charge in [-0.05, 0) is 32.3 Å². The van der Waals surface area contributed by atoms with Gasteiger partial charge in [-0.2, -0.15) is 5.10 Å². The highest BCUT2D eigenvalue weighted by Crippen LogP contribution is 2.26. The zero-order valence-corrected chi connectivity index (χ0v) is 15.2. The molecule has 3 aromatic rings. The van der Waals surface area contributed by atoms with Crippen molar-refractivity contribution in [2.24, 2.45) is 0 Å². The lowest BCUT2D eigenvalue weighted by atomic mass is 10.0. The molecule has 0 aliphatic carbocycles. The zero-order valence-electron chi connectivity index (χ0n) is 14.4. The van der Waals surface area contributed by atoms with Crippen LogP contribution in [0.25, 0.3) is 5.82 Å². The van der Waals surface area contributed by atoms with Crippen molar-refractivity contribution >= 4 is 28.2 Å². The van der Waals surface area contributed by atoms with E-state index in [1.807, 2.05) is 30.2 Å². The first-order chi connectivity index (χ1) is 12.7. The predicted octanol–water partition coefficient (Wildman–Crippen LogP) is 2.42. The van der Waals surface area contributed by atoms with E-state index in [0.717, 1.165) is 36.5 Å².